The van der Waals surface area contributed by atoms with E-state index in [9.17, 15) is 13.2 Å². The summed E-state index contributed by atoms with van der Waals surface area (Å²) in [5.74, 6) is 0.446. The van der Waals surface area contributed by atoms with Crippen LogP contribution >= 0.6 is 11.3 Å². The van der Waals surface area contributed by atoms with E-state index in [1.54, 1.807) is 19.1 Å². The van der Waals surface area contributed by atoms with Crippen molar-refractivity contribution in [1.82, 2.24) is 5.32 Å². The highest BCUT2D eigenvalue weighted by molar-refractivity contribution is 7.91. The third kappa shape index (κ3) is 3.02. The standard InChI is InChI=1S/C17H22N2O3S2/c1-4-24(21,22)12-5-6-14-13(9-12)15-16(23-14)17(20)18-7-8-19(15)10-11(2)3/h5-6,9,11H,4,7-8,10H2,1-3H3,(H,18,20). The topological polar surface area (TPSA) is 66.5 Å². The van der Waals surface area contributed by atoms with Gasteiger partial charge in [-0.15, -0.1) is 11.3 Å². The van der Waals surface area contributed by atoms with Gasteiger partial charge in [0, 0.05) is 29.7 Å². The number of fused-ring (bicyclic) bond motifs is 3. The van der Waals surface area contributed by atoms with Gasteiger partial charge in [-0.3, -0.25) is 4.79 Å². The Morgan fingerprint density at radius 3 is 2.75 bits per heavy atom. The van der Waals surface area contributed by atoms with Crippen LogP contribution in [0.25, 0.3) is 10.1 Å². The number of carbonyl (C=O) groups excluding carboxylic acids is 1. The van der Waals surface area contributed by atoms with E-state index in [2.05, 4.69) is 24.1 Å². The van der Waals surface area contributed by atoms with Crippen molar-refractivity contribution < 1.29 is 13.2 Å². The van der Waals surface area contributed by atoms with E-state index >= 15 is 0 Å². The van der Waals surface area contributed by atoms with Gasteiger partial charge in [-0.2, -0.15) is 0 Å². The van der Waals surface area contributed by atoms with Gasteiger partial charge in [-0.05, 0) is 24.1 Å². The van der Waals surface area contributed by atoms with Gasteiger partial charge in [0.25, 0.3) is 5.91 Å². The fourth-order valence-electron chi connectivity index (χ4n) is 3.01. The van der Waals surface area contributed by atoms with E-state index in [4.69, 9.17) is 0 Å². The van der Waals surface area contributed by atoms with Crippen LogP contribution in [0.1, 0.15) is 30.4 Å². The number of carbonyl (C=O) groups is 1. The van der Waals surface area contributed by atoms with Crippen LogP contribution in [-0.4, -0.2) is 39.7 Å². The summed E-state index contributed by atoms with van der Waals surface area (Å²) >= 11 is 1.43. The molecule has 0 atom stereocenters. The molecule has 130 valence electrons. The quantitative estimate of drug-likeness (QED) is 0.903. The van der Waals surface area contributed by atoms with Crippen molar-refractivity contribution >= 4 is 42.9 Å². The van der Waals surface area contributed by atoms with Gasteiger partial charge in [0.2, 0.25) is 0 Å². The van der Waals surface area contributed by atoms with Gasteiger partial charge < -0.3 is 10.2 Å². The fraction of sp³-hybridized carbons (Fsp3) is 0.471. The first-order chi connectivity index (χ1) is 11.3. The van der Waals surface area contributed by atoms with Crippen LogP contribution in [0.2, 0.25) is 0 Å². The normalized spacial score (nSPS) is 15.5. The molecule has 2 aromatic rings. The summed E-state index contributed by atoms with van der Waals surface area (Å²) in [7, 11) is -3.27. The van der Waals surface area contributed by atoms with E-state index in [-0.39, 0.29) is 11.7 Å². The number of benzene rings is 1. The molecule has 0 saturated heterocycles. The highest BCUT2D eigenvalue weighted by Crippen LogP contribution is 2.40. The van der Waals surface area contributed by atoms with E-state index < -0.39 is 9.84 Å². The highest BCUT2D eigenvalue weighted by Gasteiger charge is 2.27. The van der Waals surface area contributed by atoms with Crippen LogP contribution < -0.4 is 10.2 Å². The zero-order valence-electron chi connectivity index (χ0n) is 14.1. The van der Waals surface area contributed by atoms with Crippen molar-refractivity contribution in [3.8, 4) is 0 Å². The Balaban J connectivity index is 2.24. The number of anilines is 1. The maximum atomic E-state index is 12.4. The summed E-state index contributed by atoms with van der Waals surface area (Å²) in [5, 5.41) is 3.80. The number of sulfone groups is 1. The number of amides is 1. The number of rotatable bonds is 4. The lowest BCUT2D eigenvalue weighted by Gasteiger charge is -2.25. The minimum atomic E-state index is -3.27. The molecule has 1 N–H and O–H groups in total. The first-order valence-electron chi connectivity index (χ1n) is 8.16. The largest absolute Gasteiger partial charge is 0.368 e. The summed E-state index contributed by atoms with van der Waals surface area (Å²) < 4.78 is 25.4. The smallest absolute Gasteiger partial charge is 0.263 e. The summed E-state index contributed by atoms with van der Waals surface area (Å²) in [5.41, 5.74) is 0.881. The molecule has 3 rings (SSSR count). The Labute approximate surface area is 146 Å². The molecule has 1 aromatic carbocycles. The Kier molecular flexibility index (Phi) is 4.57. The minimum Gasteiger partial charge on any atom is -0.368 e. The molecule has 0 unspecified atom stereocenters. The molecule has 24 heavy (non-hydrogen) atoms. The molecule has 0 saturated carbocycles. The van der Waals surface area contributed by atoms with Crippen LogP contribution in [0.15, 0.2) is 23.1 Å². The molecule has 0 fully saturated rings. The van der Waals surface area contributed by atoms with Crippen molar-refractivity contribution in [3.05, 3.63) is 23.1 Å². The first-order valence-corrected chi connectivity index (χ1v) is 10.6. The predicted molar refractivity (Wildman–Crippen MR) is 98.9 cm³/mol. The summed E-state index contributed by atoms with van der Waals surface area (Å²) in [6, 6.07) is 5.19. The third-order valence-corrected chi connectivity index (χ3v) is 7.04. The van der Waals surface area contributed by atoms with Crippen LogP contribution in [0.5, 0.6) is 0 Å². The third-order valence-electron chi connectivity index (χ3n) is 4.15. The fourth-order valence-corrected chi connectivity index (χ4v) is 5.04. The minimum absolute atomic E-state index is 0.0705. The van der Waals surface area contributed by atoms with Crippen molar-refractivity contribution in [3.63, 3.8) is 0 Å². The molecular formula is C17H22N2O3S2. The van der Waals surface area contributed by atoms with Crippen LogP contribution in [0.3, 0.4) is 0 Å². The summed E-state index contributed by atoms with van der Waals surface area (Å²) in [6.07, 6.45) is 0. The Morgan fingerprint density at radius 2 is 2.08 bits per heavy atom. The molecule has 0 radical (unpaired) electrons. The molecule has 0 aliphatic carbocycles. The second-order valence-corrected chi connectivity index (χ2v) is 9.77. The van der Waals surface area contributed by atoms with Crippen LogP contribution in [0.4, 0.5) is 5.69 Å². The van der Waals surface area contributed by atoms with E-state index in [0.717, 1.165) is 28.9 Å². The molecule has 2 heterocycles. The Morgan fingerprint density at radius 1 is 1.33 bits per heavy atom. The summed E-state index contributed by atoms with van der Waals surface area (Å²) in [6.45, 7) is 8.09. The van der Waals surface area contributed by atoms with Crippen molar-refractivity contribution in [2.24, 2.45) is 5.92 Å². The SMILES string of the molecule is CCS(=O)(=O)c1ccc2sc3c(c2c1)N(CC(C)C)CCNC3=O. The number of hydrogen-bond acceptors (Lipinski definition) is 5. The zero-order chi connectivity index (χ0) is 17.5. The second-order valence-electron chi connectivity index (χ2n) is 6.44. The number of hydrogen-bond donors (Lipinski definition) is 1. The average Bonchev–Trinajstić information content (AvgIpc) is 2.85. The molecule has 5 nitrogen and oxygen atoms in total. The number of nitrogens with one attached hydrogen (secondary N) is 1. The molecule has 1 aliphatic heterocycles. The second kappa shape index (κ2) is 6.37. The van der Waals surface area contributed by atoms with Crippen LogP contribution in [-0.2, 0) is 9.84 Å². The average molecular weight is 367 g/mol. The molecule has 1 amide bonds. The first kappa shape index (κ1) is 17.2. The van der Waals surface area contributed by atoms with Gasteiger partial charge in [0.15, 0.2) is 9.84 Å². The van der Waals surface area contributed by atoms with E-state index in [1.807, 2.05) is 6.07 Å². The molecule has 0 bridgehead atoms. The maximum Gasteiger partial charge on any atom is 0.263 e. The molecule has 0 spiro atoms. The van der Waals surface area contributed by atoms with Crippen molar-refractivity contribution in [2.45, 2.75) is 25.7 Å². The van der Waals surface area contributed by atoms with Gasteiger partial charge in [0.05, 0.1) is 16.3 Å². The summed E-state index contributed by atoms with van der Waals surface area (Å²) in [4.78, 5) is 15.6. The van der Waals surface area contributed by atoms with E-state index in [0.29, 0.717) is 22.2 Å². The maximum absolute atomic E-state index is 12.4. The van der Waals surface area contributed by atoms with Gasteiger partial charge in [-0.1, -0.05) is 20.8 Å². The lowest BCUT2D eigenvalue weighted by Crippen LogP contribution is -2.32. The van der Waals surface area contributed by atoms with Crippen LogP contribution in [0, 0.1) is 5.92 Å². The Bertz CT molecular complexity index is 885. The zero-order valence-corrected chi connectivity index (χ0v) is 15.8. The Hall–Kier alpha value is -1.60. The molecule has 1 aliphatic rings. The lowest BCUT2D eigenvalue weighted by molar-refractivity contribution is 0.0962. The lowest BCUT2D eigenvalue weighted by atomic mass is 10.1. The number of thiophene rings is 1. The highest BCUT2D eigenvalue weighted by atomic mass is 32.2. The van der Waals surface area contributed by atoms with Crippen molar-refractivity contribution in [2.75, 3.05) is 30.3 Å². The number of nitrogens with zero attached hydrogens (tertiary/aromatic N) is 1. The van der Waals surface area contributed by atoms with Gasteiger partial charge in [-0.25, -0.2) is 8.42 Å². The molecular weight excluding hydrogens is 344 g/mol. The predicted octanol–water partition coefficient (Wildman–Crippen LogP) is 2.90. The van der Waals surface area contributed by atoms with Gasteiger partial charge in [0.1, 0.15) is 4.88 Å². The molecule has 7 heteroatoms. The molecule has 1 aromatic heterocycles. The van der Waals surface area contributed by atoms with Gasteiger partial charge >= 0.3 is 0 Å². The van der Waals surface area contributed by atoms with E-state index in [1.165, 1.54) is 11.3 Å². The monoisotopic (exact) mass is 366 g/mol. The van der Waals surface area contributed by atoms with Crippen molar-refractivity contribution in [1.29, 1.82) is 0 Å².